The molecule has 0 aliphatic heterocycles. The lowest BCUT2D eigenvalue weighted by atomic mass is 10.2. The fourth-order valence-corrected chi connectivity index (χ4v) is 1.54. The summed E-state index contributed by atoms with van der Waals surface area (Å²) in [5, 5.41) is 0.504. The number of carbonyl (C=O) groups excluding carboxylic acids is 1. The number of hydrogen-bond acceptors (Lipinski definition) is 2. The van der Waals surface area contributed by atoms with Gasteiger partial charge in [0.25, 0.3) is 0 Å². The zero-order chi connectivity index (χ0) is 13.1. The third-order valence-corrected chi connectivity index (χ3v) is 2.45. The summed E-state index contributed by atoms with van der Waals surface area (Å²) in [6, 6.07) is 5.27. The standard InChI is InChI=1S/C13H12BrClO2/c1-13(2,3)17-12(16)7-4-9-8-10(14)5-6-11(9)15/h5-6,8H,1-3H3. The van der Waals surface area contributed by atoms with Gasteiger partial charge in [-0.15, -0.1) is 0 Å². The number of ether oxygens (including phenoxy) is 1. The molecule has 0 radical (unpaired) electrons. The van der Waals surface area contributed by atoms with Crippen LogP contribution >= 0.6 is 27.5 Å². The van der Waals surface area contributed by atoms with Gasteiger partial charge in [-0.25, -0.2) is 4.79 Å². The van der Waals surface area contributed by atoms with Crippen LogP contribution in [-0.4, -0.2) is 11.6 Å². The maximum Gasteiger partial charge on any atom is 0.385 e. The van der Waals surface area contributed by atoms with Crippen LogP contribution in [0.4, 0.5) is 0 Å². The van der Waals surface area contributed by atoms with E-state index in [2.05, 4.69) is 27.8 Å². The maximum absolute atomic E-state index is 11.4. The quantitative estimate of drug-likeness (QED) is 0.538. The maximum atomic E-state index is 11.4. The van der Waals surface area contributed by atoms with Crippen LogP contribution < -0.4 is 0 Å². The molecule has 1 rings (SSSR count). The molecule has 0 saturated heterocycles. The average molecular weight is 316 g/mol. The summed E-state index contributed by atoms with van der Waals surface area (Å²) in [5.74, 6) is 4.54. The van der Waals surface area contributed by atoms with E-state index in [1.807, 2.05) is 0 Å². The van der Waals surface area contributed by atoms with Crippen LogP contribution in [0.2, 0.25) is 5.02 Å². The van der Waals surface area contributed by atoms with Crippen molar-refractivity contribution in [2.75, 3.05) is 0 Å². The predicted molar refractivity (Wildman–Crippen MR) is 71.9 cm³/mol. The molecule has 2 nitrogen and oxygen atoms in total. The molecular formula is C13H12BrClO2. The summed E-state index contributed by atoms with van der Waals surface area (Å²) in [6.45, 7) is 5.37. The third-order valence-electron chi connectivity index (χ3n) is 1.63. The van der Waals surface area contributed by atoms with Crippen LogP contribution in [0, 0.1) is 11.8 Å². The Morgan fingerprint density at radius 1 is 1.41 bits per heavy atom. The Hall–Kier alpha value is -0.980. The normalized spacial score (nSPS) is 10.4. The molecule has 0 amide bonds. The lowest BCUT2D eigenvalue weighted by molar-refractivity contribution is -0.147. The molecule has 0 atom stereocenters. The molecule has 4 heteroatoms. The van der Waals surface area contributed by atoms with E-state index >= 15 is 0 Å². The van der Waals surface area contributed by atoms with Gasteiger partial charge in [0.2, 0.25) is 0 Å². The van der Waals surface area contributed by atoms with Gasteiger partial charge in [-0.05, 0) is 39.0 Å². The van der Waals surface area contributed by atoms with Gasteiger partial charge in [-0.3, -0.25) is 0 Å². The predicted octanol–water partition coefficient (Wildman–Crippen LogP) is 3.80. The smallest absolute Gasteiger partial charge is 0.385 e. The minimum atomic E-state index is -0.562. The van der Waals surface area contributed by atoms with Crippen molar-refractivity contribution in [2.45, 2.75) is 26.4 Å². The molecule has 0 unspecified atom stereocenters. The van der Waals surface area contributed by atoms with Crippen molar-refractivity contribution < 1.29 is 9.53 Å². The van der Waals surface area contributed by atoms with Crippen LogP contribution in [0.1, 0.15) is 26.3 Å². The van der Waals surface area contributed by atoms with Gasteiger partial charge < -0.3 is 4.74 Å². The second kappa shape index (κ2) is 5.57. The fourth-order valence-electron chi connectivity index (χ4n) is 1.02. The molecule has 0 bridgehead atoms. The second-order valence-electron chi connectivity index (χ2n) is 4.38. The molecule has 0 fully saturated rings. The number of hydrogen-bond donors (Lipinski definition) is 0. The summed E-state index contributed by atoms with van der Waals surface area (Å²) in [4.78, 5) is 11.4. The molecule has 0 spiro atoms. The lowest BCUT2D eigenvalue weighted by Gasteiger charge is -2.16. The monoisotopic (exact) mass is 314 g/mol. The van der Waals surface area contributed by atoms with Crippen molar-refractivity contribution in [2.24, 2.45) is 0 Å². The summed E-state index contributed by atoms with van der Waals surface area (Å²) in [5.41, 5.74) is 0.0548. The molecule has 0 aliphatic rings. The minimum Gasteiger partial charge on any atom is -0.450 e. The first-order chi connectivity index (χ1) is 7.78. The molecular weight excluding hydrogens is 303 g/mol. The Bertz CT molecular complexity index is 492. The topological polar surface area (TPSA) is 26.3 Å². The number of benzene rings is 1. The summed E-state index contributed by atoms with van der Waals surface area (Å²) >= 11 is 9.25. The van der Waals surface area contributed by atoms with Crippen molar-refractivity contribution in [3.05, 3.63) is 33.3 Å². The SMILES string of the molecule is CC(C)(C)OC(=O)C#Cc1cc(Br)ccc1Cl. The molecule has 0 saturated carbocycles. The van der Waals surface area contributed by atoms with E-state index in [0.29, 0.717) is 10.6 Å². The van der Waals surface area contributed by atoms with Crippen LogP contribution in [0.25, 0.3) is 0 Å². The highest BCUT2D eigenvalue weighted by molar-refractivity contribution is 9.10. The fraction of sp³-hybridized carbons (Fsp3) is 0.308. The van der Waals surface area contributed by atoms with Gasteiger partial charge in [0.15, 0.2) is 0 Å². The van der Waals surface area contributed by atoms with Crippen molar-refractivity contribution in [3.8, 4) is 11.8 Å². The molecule has 0 N–H and O–H groups in total. The van der Waals surface area contributed by atoms with Crippen LogP contribution in [0.5, 0.6) is 0 Å². The Labute approximate surface area is 114 Å². The Kier molecular flexibility index (Phi) is 4.62. The first kappa shape index (κ1) is 14.1. The minimum absolute atomic E-state index is 0.504. The van der Waals surface area contributed by atoms with Crippen LogP contribution in [-0.2, 0) is 9.53 Å². The molecule has 17 heavy (non-hydrogen) atoms. The number of rotatable bonds is 0. The van der Waals surface area contributed by atoms with E-state index in [-0.39, 0.29) is 0 Å². The molecule has 90 valence electrons. The number of carbonyl (C=O) groups is 1. The zero-order valence-corrected chi connectivity index (χ0v) is 12.1. The number of esters is 1. The van der Waals surface area contributed by atoms with E-state index in [1.54, 1.807) is 39.0 Å². The first-order valence-corrected chi connectivity index (χ1v) is 6.15. The van der Waals surface area contributed by atoms with Gasteiger partial charge in [0, 0.05) is 16.0 Å². The first-order valence-electron chi connectivity index (χ1n) is 4.98. The van der Waals surface area contributed by atoms with Crippen molar-refractivity contribution in [3.63, 3.8) is 0 Å². The van der Waals surface area contributed by atoms with Gasteiger partial charge in [-0.1, -0.05) is 33.5 Å². The van der Waals surface area contributed by atoms with Crippen LogP contribution in [0.15, 0.2) is 22.7 Å². The average Bonchev–Trinajstić information content (AvgIpc) is 2.17. The van der Waals surface area contributed by atoms with Crippen LogP contribution in [0.3, 0.4) is 0 Å². The highest BCUT2D eigenvalue weighted by atomic mass is 79.9. The highest BCUT2D eigenvalue weighted by Gasteiger charge is 2.14. The van der Waals surface area contributed by atoms with E-state index in [0.717, 1.165) is 4.47 Å². The van der Waals surface area contributed by atoms with Crippen molar-refractivity contribution in [1.29, 1.82) is 0 Å². The lowest BCUT2D eigenvalue weighted by Crippen LogP contribution is -2.22. The summed E-state index contributed by atoms with van der Waals surface area (Å²) < 4.78 is 5.92. The van der Waals surface area contributed by atoms with Gasteiger partial charge >= 0.3 is 5.97 Å². The van der Waals surface area contributed by atoms with E-state index in [4.69, 9.17) is 16.3 Å². The summed E-state index contributed by atoms with van der Waals surface area (Å²) in [6.07, 6.45) is 0. The Balaban J connectivity index is 2.85. The molecule has 0 aromatic heterocycles. The molecule has 0 heterocycles. The van der Waals surface area contributed by atoms with E-state index in [9.17, 15) is 4.79 Å². The van der Waals surface area contributed by atoms with Gasteiger partial charge in [0.05, 0.1) is 5.02 Å². The molecule has 1 aromatic carbocycles. The van der Waals surface area contributed by atoms with Gasteiger partial charge in [0.1, 0.15) is 5.60 Å². The zero-order valence-electron chi connectivity index (χ0n) is 9.80. The van der Waals surface area contributed by atoms with Crippen molar-refractivity contribution >= 4 is 33.5 Å². The highest BCUT2D eigenvalue weighted by Crippen LogP contribution is 2.19. The third kappa shape index (κ3) is 5.25. The summed E-state index contributed by atoms with van der Waals surface area (Å²) in [7, 11) is 0. The Morgan fingerprint density at radius 2 is 2.06 bits per heavy atom. The molecule has 0 aliphatic carbocycles. The number of halogens is 2. The molecule has 1 aromatic rings. The second-order valence-corrected chi connectivity index (χ2v) is 5.70. The van der Waals surface area contributed by atoms with E-state index in [1.165, 1.54) is 0 Å². The van der Waals surface area contributed by atoms with Crippen molar-refractivity contribution in [1.82, 2.24) is 0 Å². The largest absolute Gasteiger partial charge is 0.450 e. The van der Waals surface area contributed by atoms with Gasteiger partial charge in [-0.2, -0.15) is 0 Å². The van der Waals surface area contributed by atoms with E-state index < -0.39 is 11.6 Å². The Morgan fingerprint density at radius 3 is 2.65 bits per heavy atom.